The van der Waals surface area contributed by atoms with Crippen molar-refractivity contribution >= 4 is 63.0 Å². The fourth-order valence-electron chi connectivity index (χ4n) is 6.19. The number of amides is 2. The molecule has 11 nitrogen and oxygen atoms in total. The zero-order valence-electron chi connectivity index (χ0n) is 25.9. The summed E-state index contributed by atoms with van der Waals surface area (Å²) >= 11 is 9.27. The summed E-state index contributed by atoms with van der Waals surface area (Å²) in [5, 5.41) is 8.41. The Hall–Kier alpha value is -4.50. The second kappa shape index (κ2) is 13.2. The number of amidine groups is 1. The van der Waals surface area contributed by atoms with Gasteiger partial charge >= 0.3 is 12.0 Å². The maximum atomic E-state index is 14.0. The van der Waals surface area contributed by atoms with E-state index in [4.69, 9.17) is 26.3 Å². The molecule has 0 spiro atoms. The van der Waals surface area contributed by atoms with Crippen molar-refractivity contribution in [3.8, 4) is 11.3 Å². The van der Waals surface area contributed by atoms with E-state index in [9.17, 15) is 18.8 Å². The number of halogens is 2. The molecular weight excluding hydrogens is 677 g/mol. The minimum Gasteiger partial charge on any atom is -0.466 e. The van der Waals surface area contributed by atoms with Gasteiger partial charge in [0.1, 0.15) is 11.9 Å². The number of nitrogens with zero attached hydrogens (tertiary/aromatic N) is 6. The van der Waals surface area contributed by atoms with Crippen molar-refractivity contribution in [1.29, 1.82) is 0 Å². The first-order valence-corrected chi connectivity index (χ1v) is 17.2. The predicted molar refractivity (Wildman–Crippen MR) is 182 cm³/mol. The Balaban J connectivity index is 1.14. The lowest BCUT2D eigenvalue weighted by Gasteiger charge is -2.38. The Labute approximate surface area is 288 Å². The number of hydrogen-bond acceptors (Lipinski definition) is 11. The van der Waals surface area contributed by atoms with Crippen molar-refractivity contribution in [2.45, 2.75) is 19.0 Å². The number of ketones is 1. The van der Waals surface area contributed by atoms with Crippen molar-refractivity contribution in [2.24, 2.45) is 4.99 Å². The average molecular weight is 706 g/mol. The maximum Gasteiger partial charge on any atom is 0.338 e. The lowest BCUT2D eigenvalue weighted by Crippen LogP contribution is -2.53. The van der Waals surface area contributed by atoms with Crippen molar-refractivity contribution < 1.29 is 23.5 Å². The summed E-state index contributed by atoms with van der Waals surface area (Å²) in [5.74, 6) is -0.644. The summed E-state index contributed by atoms with van der Waals surface area (Å²) in [6, 6.07) is 10.2. The van der Waals surface area contributed by atoms with Crippen LogP contribution in [0, 0.1) is 5.82 Å². The number of aliphatic imine (C=N–C) groups is 1. The van der Waals surface area contributed by atoms with Crippen LogP contribution in [-0.2, 0) is 9.53 Å². The van der Waals surface area contributed by atoms with E-state index in [-0.39, 0.29) is 28.5 Å². The summed E-state index contributed by atoms with van der Waals surface area (Å²) in [6.07, 6.45) is 1.67. The number of hydrogen-bond donors (Lipinski definition) is 1. The molecule has 0 aliphatic carbocycles. The average Bonchev–Trinajstić information content (AvgIpc) is 3.85. The molecule has 246 valence electrons. The summed E-state index contributed by atoms with van der Waals surface area (Å²) in [5.41, 5.74) is 3.42. The molecule has 3 aliphatic rings. The van der Waals surface area contributed by atoms with E-state index >= 15 is 0 Å². The molecular formula is C33H29ClFN7O4S2. The van der Waals surface area contributed by atoms with Gasteiger partial charge in [0.25, 0.3) is 0 Å². The summed E-state index contributed by atoms with van der Waals surface area (Å²) < 4.78 is 19.2. The molecule has 0 bridgehead atoms. The molecule has 2 atom stereocenters. The Kier molecular flexibility index (Phi) is 8.81. The molecule has 5 heterocycles. The number of esters is 1. The molecule has 15 heteroatoms. The van der Waals surface area contributed by atoms with Gasteiger partial charge in [-0.1, -0.05) is 35.9 Å². The first-order chi connectivity index (χ1) is 23.2. The number of piperazine rings is 1. The van der Waals surface area contributed by atoms with Gasteiger partial charge in [0.05, 0.1) is 31.0 Å². The van der Waals surface area contributed by atoms with Crippen LogP contribution in [0.3, 0.4) is 0 Å². The van der Waals surface area contributed by atoms with E-state index in [2.05, 4.69) is 15.2 Å². The number of thiazole rings is 2. The fraction of sp³-hybridized carbons (Fsp3) is 0.273. The van der Waals surface area contributed by atoms with Crippen LogP contribution in [0.4, 0.5) is 14.3 Å². The molecule has 2 fully saturated rings. The number of Topliss-reactive ketones (excluding diaryl/α,β-unsaturated/α-hetero) is 1. The monoisotopic (exact) mass is 705 g/mol. The first-order valence-electron chi connectivity index (χ1n) is 15.1. The number of benzene rings is 2. The second-order valence-corrected chi connectivity index (χ2v) is 13.7. The third-order valence-electron chi connectivity index (χ3n) is 8.53. The fourth-order valence-corrected chi connectivity index (χ4v) is 7.88. The van der Waals surface area contributed by atoms with Crippen LogP contribution in [0.2, 0.25) is 5.02 Å². The highest BCUT2D eigenvalue weighted by molar-refractivity contribution is 7.14. The van der Waals surface area contributed by atoms with E-state index in [0.717, 1.165) is 5.56 Å². The number of aromatic nitrogens is 2. The molecule has 48 heavy (non-hydrogen) atoms. The number of urea groups is 1. The lowest BCUT2D eigenvalue weighted by molar-refractivity contribution is -0.136. The molecule has 4 aromatic rings. The third kappa shape index (κ3) is 6.12. The van der Waals surface area contributed by atoms with Crippen LogP contribution < -0.4 is 10.2 Å². The highest BCUT2D eigenvalue weighted by atomic mass is 35.5. The first kappa shape index (κ1) is 32.1. The number of ether oxygens (including phenoxy) is 1. The largest absolute Gasteiger partial charge is 0.466 e. The molecule has 2 amide bonds. The van der Waals surface area contributed by atoms with Crippen molar-refractivity contribution in [3.63, 3.8) is 0 Å². The van der Waals surface area contributed by atoms with Gasteiger partial charge in [0.15, 0.2) is 21.8 Å². The van der Waals surface area contributed by atoms with Gasteiger partial charge < -0.3 is 15.0 Å². The van der Waals surface area contributed by atoms with Crippen LogP contribution in [0.5, 0.6) is 0 Å². The minimum atomic E-state index is -0.860. The number of carbonyl (C=O) groups excluding carboxylic acids is 3. The Bertz CT molecular complexity index is 1980. The predicted octanol–water partition coefficient (Wildman–Crippen LogP) is 5.41. The molecule has 2 aromatic carbocycles. The van der Waals surface area contributed by atoms with Crippen LogP contribution in [0.15, 0.2) is 75.7 Å². The minimum absolute atomic E-state index is 0.0252. The normalized spacial score (nSPS) is 19.7. The van der Waals surface area contributed by atoms with Crippen LogP contribution >= 0.6 is 34.3 Å². The van der Waals surface area contributed by atoms with E-state index in [0.29, 0.717) is 71.2 Å². The molecule has 2 saturated heterocycles. The van der Waals surface area contributed by atoms with Crippen LogP contribution in [-0.4, -0.2) is 89.3 Å². The summed E-state index contributed by atoms with van der Waals surface area (Å²) in [4.78, 5) is 58.5. The highest BCUT2D eigenvalue weighted by Crippen LogP contribution is 2.38. The molecule has 0 unspecified atom stereocenters. The lowest BCUT2D eigenvalue weighted by atomic mass is 9.95. The summed E-state index contributed by atoms with van der Waals surface area (Å²) in [7, 11) is 1.30. The molecule has 7 rings (SSSR count). The number of fused-ring (bicyclic) bond motifs is 1. The topological polar surface area (TPSA) is 120 Å². The van der Waals surface area contributed by atoms with Gasteiger partial charge in [-0.15, -0.1) is 22.7 Å². The van der Waals surface area contributed by atoms with Gasteiger partial charge in [-0.05, 0) is 25.1 Å². The standard InChI is InChI=1S/C33H29ClFN7O4S2/c1-18(43)19-4-3-5-20(12-19)26-17-48-32(38-26)42-15-22-14-40(9-10-41(22)33(42)45)16-25-27(31(44)46-2)28(23-7-6-21(35)13-24(23)34)39-29(37-25)30-36-8-11-47-30/h3-8,11-13,17,22,28H,9-10,14-16H2,1-2H3,(H,37,39)/t22-,28-/m0/s1. The molecule has 0 radical (unpaired) electrons. The van der Waals surface area contributed by atoms with Crippen LogP contribution in [0.25, 0.3) is 11.3 Å². The highest BCUT2D eigenvalue weighted by Gasteiger charge is 2.43. The van der Waals surface area contributed by atoms with Gasteiger partial charge in [-0.3, -0.25) is 19.6 Å². The zero-order valence-corrected chi connectivity index (χ0v) is 28.2. The second-order valence-electron chi connectivity index (χ2n) is 11.5. The van der Waals surface area contributed by atoms with Crippen molar-refractivity contribution in [3.05, 3.63) is 97.7 Å². The molecule has 0 saturated carbocycles. The third-order valence-corrected chi connectivity index (χ3v) is 10.5. The van der Waals surface area contributed by atoms with Crippen molar-refractivity contribution in [1.82, 2.24) is 25.1 Å². The molecule has 1 N–H and O–H groups in total. The van der Waals surface area contributed by atoms with E-state index in [1.807, 2.05) is 33.9 Å². The van der Waals surface area contributed by atoms with Gasteiger partial charge in [0, 0.05) is 70.5 Å². The Morgan fingerprint density at radius 2 is 2.00 bits per heavy atom. The maximum absolute atomic E-state index is 14.0. The Morgan fingerprint density at radius 1 is 1.15 bits per heavy atom. The van der Waals surface area contributed by atoms with Gasteiger partial charge in [-0.2, -0.15) is 0 Å². The number of carbonyl (C=O) groups is 3. The van der Waals surface area contributed by atoms with Crippen LogP contribution in [0.1, 0.15) is 33.9 Å². The number of rotatable bonds is 8. The number of methoxy groups -OCH3 is 1. The van der Waals surface area contributed by atoms with Gasteiger partial charge in [-0.25, -0.2) is 23.9 Å². The smallest absolute Gasteiger partial charge is 0.338 e. The van der Waals surface area contributed by atoms with Gasteiger partial charge in [0.2, 0.25) is 0 Å². The van der Waals surface area contributed by atoms with E-state index < -0.39 is 17.8 Å². The summed E-state index contributed by atoms with van der Waals surface area (Å²) in [6.45, 7) is 3.90. The SMILES string of the molecule is COC(=O)C1=C(CN2CCN3C(=O)N(c4nc(-c5cccc(C(C)=O)c5)cs4)C[C@@H]3C2)NC(c2nccs2)=N[C@H]1c1ccc(F)cc1Cl. The molecule has 2 aromatic heterocycles. The van der Waals surface area contributed by atoms with Crippen molar-refractivity contribution in [2.75, 3.05) is 44.7 Å². The number of anilines is 1. The quantitative estimate of drug-likeness (QED) is 0.191. The Morgan fingerprint density at radius 3 is 2.75 bits per heavy atom. The van der Waals surface area contributed by atoms with E-state index in [1.54, 1.807) is 17.2 Å². The van der Waals surface area contributed by atoms with E-state index in [1.165, 1.54) is 54.9 Å². The molecule has 3 aliphatic heterocycles. The number of nitrogens with one attached hydrogen (secondary N) is 1. The zero-order chi connectivity index (χ0) is 33.5.